The summed E-state index contributed by atoms with van der Waals surface area (Å²) in [6, 6.07) is 0.954. The average molecular weight is 240 g/mol. The summed E-state index contributed by atoms with van der Waals surface area (Å²) in [6.45, 7) is 12.9. The molecule has 1 aliphatic rings. The average Bonchev–Trinajstić information content (AvgIpc) is 2.26. The van der Waals surface area contributed by atoms with Gasteiger partial charge in [0, 0.05) is 32.1 Å². The van der Waals surface area contributed by atoms with Gasteiger partial charge >= 0.3 is 0 Å². The highest BCUT2D eigenvalue weighted by molar-refractivity contribution is 5.73. The lowest BCUT2D eigenvalue weighted by atomic mass is 9.85. The molecule has 1 rings (SSSR count). The first kappa shape index (κ1) is 14.5. The molecule has 0 aromatic heterocycles. The van der Waals surface area contributed by atoms with Crippen LogP contribution in [0, 0.1) is 11.8 Å². The summed E-state index contributed by atoms with van der Waals surface area (Å²) >= 11 is 0. The maximum atomic E-state index is 11.2. The fourth-order valence-corrected chi connectivity index (χ4v) is 2.67. The Morgan fingerprint density at radius 1 is 1.35 bits per heavy atom. The largest absolute Gasteiger partial charge is 0.352 e. The Labute approximate surface area is 106 Å². The van der Waals surface area contributed by atoms with Gasteiger partial charge in [-0.1, -0.05) is 20.8 Å². The van der Waals surface area contributed by atoms with Crippen molar-refractivity contribution in [2.24, 2.45) is 11.8 Å². The van der Waals surface area contributed by atoms with Gasteiger partial charge in [0.15, 0.2) is 0 Å². The number of hydrogen-bond donors (Lipinski definition) is 1. The number of hydrogen-bond acceptors (Lipinski definition) is 2. The van der Waals surface area contributed by atoms with Crippen molar-refractivity contribution in [1.29, 1.82) is 0 Å². The molecule has 0 aliphatic carbocycles. The first-order chi connectivity index (χ1) is 7.93. The Bertz CT molecular complexity index is 253. The second-order valence-corrected chi connectivity index (χ2v) is 5.85. The normalized spacial score (nSPS) is 28.1. The van der Waals surface area contributed by atoms with Crippen LogP contribution in [0.15, 0.2) is 0 Å². The van der Waals surface area contributed by atoms with Gasteiger partial charge in [0.1, 0.15) is 0 Å². The lowest BCUT2D eigenvalue weighted by molar-refractivity contribution is -0.120. The third-order valence-electron chi connectivity index (χ3n) is 4.08. The molecular formula is C14H28N2O. The summed E-state index contributed by atoms with van der Waals surface area (Å²) in [5, 5.41) is 3.09. The van der Waals surface area contributed by atoms with Crippen LogP contribution in [0.3, 0.4) is 0 Å². The Balaban J connectivity index is 2.65. The molecule has 1 saturated heterocycles. The Hall–Kier alpha value is -0.570. The van der Waals surface area contributed by atoms with E-state index in [1.807, 2.05) is 0 Å². The molecule has 3 heteroatoms. The smallest absolute Gasteiger partial charge is 0.217 e. The van der Waals surface area contributed by atoms with Crippen molar-refractivity contribution in [2.75, 3.05) is 13.1 Å². The molecule has 3 nitrogen and oxygen atoms in total. The third-order valence-corrected chi connectivity index (χ3v) is 4.08. The second-order valence-electron chi connectivity index (χ2n) is 5.85. The standard InChI is InChI=1S/C14H28N2O/c1-6-11(4)16-8-13(10(2)3)7-14(9-16)15-12(5)17/h10-11,13-14H,6-9H2,1-5H3,(H,15,17). The monoisotopic (exact) mass is 240 g/mol. The van der Waals surface area contributed by atoms with Crippen LogP contribution in [0.2, 0.25) is 0 Å². The van der Waals surface area contributed by atoms with Crippen LogP contribution < -0.4 is 5.32 Å². The summed E-state index contributed by atoms with van der Waals surface area (Å²) in [6.07, 6.45) is 2.31. The van der Waals surface area contributed by atoms with E-state index in [2.05, 4.69) is 37.9 Å². The quantitative estimate of drug-likeness (QED) is 0.817. The van der Waals surface area contributed by atoms with E-state index >= 15 is 0 Å². The minimum atomic E-state index is 0.100. The molecule has 0 spiro atoms. The van der Waals surface area contributed by atoms with Crippen molar-refractivity contribution in [2.45, 2.75) is 59.5 Å². The molecule has 0 aromatic rings. The number of likely N-dealkylation sites (tertiary alicyclic amines) is 1. The summed E-state index contributed by atoms with van der Waals surface area (Å²) < 4.78 is 0. The van der Waals surface area contributed by atoms with Crippen LogP contribution in [0.25, 0.3) is 0 Å². The zero-order valence-corrected chi connectivity index (χ0v) is 12.0. The highest BCUT2D eigenvalue weighted by atomic mass is 16.1. The summed E-state index contributed by atoms with van der Waals surface area (Å²) in [4.78, 5) is 13.7. The second kappa shape index (κ2) is 6.39. The Morgan fingerprint density at radius 2 is 2.00 bits per heavy atom. The molecule has 1 aliphatic heterocycles. The third kappa shape index (κ3) is 4.30. The van der Waals surface area contributed by atoms with Crippen molar-refractivity contribution in [3.05, 3.63) is 0 Å². The minimum absolute atomic E-state index is 0.100. The van der Waals surface area contributed by atoms with Crippen LogP contribution in [-0.2, 0) is 4.79 Å². The van der Waals surface area contributed by atoms with Gasteiger partial charge in [-0.05, 0) is 31.6 Å². The summed E-state index contributed by atoms with van der Waals surface area (Å²) in [7, 11) is 0. The van der Waals surface area contributed by atoms with Gasteiger partial charge in [0.05, 0.1) is 0 Å². The van der Waals surface area contributed by atoms with E-state index in [1.165, 1.54) is 13.0 Å². The van der Waals surface area contributed by atoms with Crippen LogP contribution in [0.4, 0.5) is 0 Å². The summed E-state index contributed by atoms with van der Waals surface area (Å²) in [5.74, 6) is 1.50. The van der Waals surface area contributed by atoms with E-state index in [4.69, 9.17) is 0 Å². The molecule has 0 radical (unpaired) electrons. The highest BCUT2D eigenvalue weighted by Gasteiger charge is 2.30. The number of carbonyl (C=O) groups excluding carboxylic acids is 1. The minimum Gasteiger partial charge on any atom is -0.352 e. The van der Waals surface area contributed by atoms with Crippen LogP contribution in [-0.4, -0.2) is 36.0 Å². The molecular weight excluding hydrogens is 212 g/mol. The van der Waals surface area contributed by atoms with E-state index in [0.29, 0.717) is 23.9 Å². The van der Waals surface area contributed by atoms with E-state index < -0.39 is 0 Å². The van der Waals surface area contributed by atoms with Crippen molar-refractivity contribution >= 4 is 5.91 Å². The maximum Gasteiger partial charge on any atom is 0.217 e. The van der Waals surface area contributed by atoms with Crippen molar-refractivity contribution in [3.8, 4) is 0 Å². The predicted octanol–water partition coefficient (Wildman–Crippen LogP) is 2.27. The van der Waals surface area contributed by atoms with Gasteiger partial charge in [0.25, 0.3) is 0 Å². The number of rotatable bonds is 4. The number of carbonyl (C=O) groups is 1. The number of piperidine rings is 1. The van der Waals surface area contributed by atoms with Gasteiger partial charge < -0.3 is 5.32 Å². The molecule has 0 saturated carbocycles. The zero-order chi connectivity index (χ0) is 13.0. The SMILES string of the molecule is CCC(C)N1CC(NC(C)=O)CC(C(C)C)C1. The number of nitrogens with zero attached hydrogens (tertiary/aromatic N) is 1. The molecule has 0 aromatic carbocycles. The van der Waals surface area contributed by atoms with E-state index in [1.54, 1.807) is 6.92 Å². The highest BCUT2D eigenvalue weighted by Crippen LogP contribution is 2.25. The molecule has 1 amide bonds. The van der Waals surface area contributed by atoms with Crippen molar-refractivity contribution in [3.63, 3.8) is 0 Å². The van der Waals surface area contributed by atoms with Crippen molar-refractivity contribution < 1.29 is 4.79 Å². The van der Waals surface area contributed by atoms with Gasteiger partial charge in [0.2, 0.25) is 5.91 Å². The molecule has 3 unspecified atom stereocenters. The van der Waals surface area contributed by atoms with E-state index in [-0.39, 0.29) is 5.91 Å². The fourth-order valence-electron chi connectivity index (χ4n) is 2.67. The maximum absolute atomic E-state index is 11.2. The molecule has 3 atom stereocenters. The van der Waals surface area contributed by atoms with E-state index in [9.17, 15) is 4.79 Å². The van der Waals surface area contributed by atoms with Crippen LogP contribution >= 0.6 is 0 Å². The molecule has 0 bridgehead atoms. The van der Waals surface area contributed by atoms with E-state index in [0.717, 1.165) is 13.0 Å². The molecule has 1 N–H and O–H groups in total. The van der Waals surface area contributed by atoms with Crippen LogP contribution in [0.5, 0.6) is 0 Å². The molecule has 100 valence electrons. The van der Waals surface area contributed by atoms with Crippen molar-refractivity contribution in [1.82, 2.24) is 10.2 Å². The molecule has 1 fully saturated rings. The molecule has 17 heavy (non-hydrogen) atoms. The zero-order valence-electron chi connectivity index (χ0n) is 12.0. The summed E-state index contributed by atoms with van der Waals surface area (Å²) in [5.41, 5.74) is 0. The van der Waals surface area contributed by atoms with Gasteiger partial charge in [-0.25, -0.2) is 0 Å². The topological polar surface area (TPSA) is 32.3 Å². The number of amides is 1. The van der Waals surface area contributed by atoms with Gasteiger partial charge in [-0.15, -0.1) is 0 Å². The van der Waals surface area contributed by atoms with Gasteiger partial charge in [-0.3, -0.25) is 9.69 Å². The first-order valence-electron chi connectivity index (χ1n) is 6.95. The lowest BCUT2D eigenvalue weighted by Crippen LogP contribution is -2.53. The molecule has 1 heterocycles. The fraction of sp³-hybridized carbons (Fsp3) is 0.929. The predicted molar refractivity (Wildman–Crippen MR) is 71.9 cm³/mol. The number of nitrogens with one attached hydrogen (secondary N) is 1. The lowest BCUT2D eigenvalue weighted by Gasteiger charge is -2.42. The van der Waals surface area contributed by atoms with Gasteiger partial charge in [-0.2, -0.15) is 0 Å². The van der Waals surface area contributed by atoms with Crippen LogP contribution in [0.1, 0.15) is 47.5 Å². The Morgan fingerprint density at radius 3 is 2.47 bits per heavy atom. The Kier molecular flexibility index (Phi) is 5.44. The first-order valence-corrected chi connectivity index (χ1v) is 6.95.